The van der Waals surface area contributed by atoms with Crippen LogP contribution >= 0.6 is 65.4 Å². The molecule has 10 heavy (non-hydrogen) atoms. The molecule has 0 rings (SSSR count). The first kappa shape index (κ1) is 12.0. The van der Waals surface area contributed by atoms with Crippen LogP contribution in [0.25, 0.3) is 0 Å². The van der Waals surface area contributed by atoms with Crippen LogP contribution in [0.3, 0.4) is 0 Å². The van der Waals surface area contributed by atoms with Crippen LogP contribution in [0.15, 0.2) is 0 Å². The van der Waals surface area contributed by atoms with Gasteiger partial charge in [-0.1, -0.05) is 34.8 Å². The summed E-state index contributed by atoms with van der Waals surface area (Å²) >= 11 is 15.8. The van der Waals surface area contributed by atoms with E-state index in [1.165, 1.54) is 0 Å². The third kappa shape index (κ3) is 2.52. The van der Waals surface area contributed by atoms with Crippen molar-refractivity contribution < 1.29 is 4.21 Å². The van der Waals surface area contributed by atoms with Gasteiger partial charge in [0.1, 0.15) is 0 Å². The molecule has 0 aromatic heterocycles. The van der Waals surface area contributed by atoms with Gasteiger partial charge in [-0.15, -0.1) is 9.24 Å². The van der Waals surface area contributed by atoms with E-state index in [0.29, 0.717) is 0 Å². The van der Waals surface area contributed by atoms with Crippen molar-refractivity contribution in [3.8, 4) is 0 Å². The Morgan fingerprint density at radius 1 is 1.30 bits per heavy atom. The lowest BCUT2D eigenvalue weighted by Gasteiger charge is -2.32. The van der Waals surface area contributed by atoms with Crippen molar-refractivity contribution in [2.45, 2.75) is 3.12 Å². The van der Waals surface area contributed by atoms with E-state index >= 15 is 0 Å². The van der Waals surface area contributed by atoms with Gasteiger partial charge >= 0.3 is 0 Å². The highest BCUT2D eigenvalue weighted by Gasteiger charge is 2.50. The molecule has 0 aromatic rings. The Hall–Kier alpha value is 2.03. The Labute approximate surface area is 85.3 Å². The maximum absolute atomic E-state index is 11.3. The summed E-state index contributed by atoms with van der Waals surface area (Å²) in [7, 11) is 8.62. The lowest BCUT2D eigenvalue weighted by molar-refractivity contribution is 0.680. The zero-order chi connectivity index (χ0) is 8.65. The first-order valence-corrected chi connectivity index (χ1v) is 7.68. The van der Waals surface area contributed by atoms with E-state index in [4.69, 9.17) is 56.2 Å². The lowest BCUT2D eigenvalue weighted by atomic mass is 11.8. The molecule has 0 amide bonds. The molecule has 0 N–H and O–H groups in total. The summed E-state index contributed by atoms with van der Waals surface area (Å²) in [6, 6.07) is 0. The highest BCUT2D eigenvalue weighted by molar-refractivity contribution is 8.57. The Morgan fingerprint density at radius 3 is 1.60 bits per heavy atom. The Morgan fingerprint density at radius 2 is 1.60 bits per heavy atom. The number of rotatable bonds is 1. The van der Waals surface area contributed by atoms with Crippen molar-refractivity contribution in [2.24, 2.45) is 0 Å². The first-order valence-electron chi connectivity index (χ1n) is 1.94. The number of hydrogen-bond donors (Lipinski definition) is 0. The number of alkyl halides is 3. The van der Waals surface area contributed by atoms with E-state index in [1.807, 2.05) is 0 Å². The van der Waals surface area contributed by atoms with Crippen LogP contribution < -0.4 is 0 Å². The third-order valence-electron chi connectivity index (χ3n) is 0.710. The molecule has 0 heterocycles. The first-order chi connectivity index (χ1) is 4.09. The molecule has 0 radical (unpaired) electrons. The highest BCUT2D eigenvalue weighted by Crippen LogP contribution is 2.57. The minimum absolute atomic E-state index is 0.170. The van der Waals surface area contributed by atoms with Crippen LogP contribution in [-0.2, 0) is 7.49 Å². The monoisotopic (exact) mass is 282 g/mol. The SMILES string of the molecule is O=S(Cl)(Cl)(CP)C(Cl)(Cl)Cl. The average Bonchev–Trinajstić information content (AvgIpc) is 1.62. The van der Waals surface area contributed by atoms with Gasteiger partial charge in [-0.25, -0.2) is 4.21 Å². The average molecular weight is 284 g/mol. The van der Waals surface area contributed by atoms with Gasteiger partial charge in [-0.3, -0.25) is 0 Å². The molecule has 1 nitrogen and oxygen atoms in total. The number of halogens is 5. The Kier molecular flexibility index (Phi) is 3.69. The fraction of sp³-hybridized carbons (Fsp3) is 1.00. The van der Waals surface area contributed by atoms with E-state index in [1.54, 1.807) is 0 Å². The number of hydrogen-bond acceptors (Lipinski definition) is 1. The molecule has 8 heteroatoms. The van der Waals surface area contributed by atoms with Crippen molar-refractivity contribution in [1.29, 1.82) is 0 Å². The van der Waals surface area contributed by atoms with Gasteiger partial charge < -0.3 is 0 Å². The molecular formula is C2H4Cl5OPS. The summed E-state index contributed by atoms with van der Waals surface area (Å²) in [5.74, 6) is 0. The predicted octanol–water partition coefficient (Wildman–Crippen LogP) is 3.27. The van der Waals surface area contributed by atoms with Crippen molar-refractivity contribution >= 4 is 72.9 Å². The quantitative estimate of drug-likeness (QED) is 0.410. The second-order valence-corrected chi connectivity index (χ2v) is 12.6. The molecular weight excluding hydrogens is 280 g/mol. The molecule has 0 aliphatic heterocycles. The van der Waals surface area contributed by atoms with Gasteiger partial charge in [0, 0.05) is 5.49 Å². The van der Waals surface area contributed by atoms with Gasteiger partial charge in [-0.2, -0.15) is 0 Å². The zero-order valence-electron chi connectivity index (χ0n) is 4.49. The summed E-state index contributed by atoms with van der Waals surface area (Å²) < 4.78 is 9.16. The van der Waals surface area contributed by atoms with Crippen LogP contribution in [0.5, 0.6) is 0 Å². The van der Waals surface area contributed by atoms with E-state index in [2.05, 4.69) is 9.24 Å². The van der Waals surface area contributed by atoms with Gasteiger partial charge in [0.2, 0.25) is 0 Å². The molecule has 1 unspecified atom stereocenters. The van der Waals surface area contributed by atoms with E-state index in [-0.39, 0.29) is 5.49 Å². The molecule has 0 fully saturated rings. The van der Waals surface area contributed by atoms with Crippen LogP contribution in [0, 0.1) is 0 Å². The molecule has 0 aromatic carbocycles. The maximum Gasteiger partial charge on any atom is 0.271 e. The molecule has 0 saturated carbocycles. The molecule has 64 valence electrons. The van der Waals surface area contributed by atoms with E-state index in [0.717, 1.165) is 0 Å². The molecule has 0 aliphatic carbocycles. The largest absolute Gasteiger partial charge is 0.271 e. The Bertz CT molecular complexity index is 190. The van der Waals surface area contributed by atoms with Gasteiger partial charge in [0.25, 0.3) is 3.12 Å². The summed E-state index contributed by atoms with van der Waals surface area (Å²) in [5.41, 5.74) is -0.170. The van der Waals surface area contributed by atoms with Crippen molar-refractivity contribution in [2.75, 3.05) is 5.49 Å². The zero-order valence-corrected chi connectivity index (χ0v) is 10.2. The Balaban J connectivity index is 4.91. The summed E-state index contributed by atoms with van der Waals surface area (Å²) in [6.07, 6.45) is 0. The van der Waals surface area contributed by atoms with Crippen LogP contribution in [0.1, 0.15) is 0 Å². The van der Waals surface area contributed by atoms with E-state index in [9.17, 15) is 4.21 Å². The highest BCUT2D eigenvalue weighted by atomic mass is 36.0. The van der Waals surface area contributed by atoms with Crippen molar-refractivity contribution in [3.05, 3.63) is 0 Å². The van der Waals surface area contributed by atoms with Crippen LogP contribution in [0.2, 0.25) is 0 Å². The fourth-order valence-corrected chi connectivity index (χ4v) is 2.55. The van der Waals surface area contributed by atoms with Gasteiger partial charge in [-0.05, 0) is 21.4 Å². The van der Waals surface area contributed by atoms with Crippen molar-refractivity contribution in [3.63, 3.8) is 0 Å². The van der Waals surface area contributed by atoms with Crippen LogP contribution in [-0.4, -0.2) is 12.8 Å². The summed E-state index contributed by atoms with van der Waals surface area (Å²) in [6.45, 7) is 0. The van der Waals surface area contributed by atoms with E-state index < -0.39 is 10.6 Å². The molecule has 1 atom stereocenters. The molecule has 0 aliphatic rings. The second-order valence-electron chi connectivity index (χ2n) is 1.51. The predicted molar refractivity (Wildman–Crippen MR) is 54.7 cm³/mol. The van der Waals surface area contributed by atoms with Crippen LogP contribution in [0.4, 0.5) is 0 Å². The molecule has 0 saturated heterocycles. The minimum Gasteiger partial charge on any atom is -0.249 e. The van der Waals surface area contributed by atoms with Gasteiger partial charge in [0.15, 0.2) is 0 Å². The molecule has 0 bridgehead atoms. The summed E-state index contributed by atoms with van der Waals surface area (Å²) in [4.78, 5) is 0. The minimum atomic E-state index is -4.15. The second kappa shape index (κ2) is 3.06. The normalized spacial score (nSPS) is 18.0. The van der Waals surface area contributed by atoms with Crippen molar-refractivity contribution in [1.82, 2.24) is 0 Å². The molecule has 0 spiro atoms. The smallest absolute Gasteiger partial charge is 0.249 e. The topological polar surface area (TPSA) is 17.1 Å². The summed E-state index contributed by atoms with van der Waals surface area (Å²) in [5, 5.41) is 0. The lowest BCUT2D eigenvalue weighted by Crippen LogP contribution is -2.34. The standard InChI is InChI=1S/C2H4Cl5OPS/c3-2(4,5)10(6,7,8)1-9/h1,9H2. The fourth-order valence-electron chi connectivity index (χ4n) is 0.0945. The maximum atomic E-state index is 11.3. The van der Waals surface area contributed by atoms with Gasteiger partial charge in [0.05, 0.1) is 7.49 Å². The third-order valence-corrected chi connectivity index (χ3v) is 11.8.